The molecule has 0 radical (unpaired) electrons. The summed E-state index contributed by atoms with van der Waals surface area (Å²) in [7, 11) is 0. The summed E-state index contributed by atoms with van der Waals surface area (Å²) < 4.78 is 5.35. The van der Waals surface area contributed by atoms with Crippen LogP contribution in [0.3, 0.4) is 0 Å². The second-order valence-electron chi connectivity index (χ2n) is 6.10. The number of benzene rings is 1. The maximum Gasteiger partial charge on any atom is 0.243 e. The number of nitrogens with two attached hydrogens (primary N) is 1. The molecule has 0 fully saturated rings. The van der Waals surface area contributed by atoms with Crippen molar-refractivity contribution < 1.29 is 4.52 Å². The number of aromatic nitrogens is 2. The summed E-state index contributed by atoms with van der Waals surface area (Å²) in [6, 6.07) is 8.38. The predicted octanol–water partition coefficient (Wildman–Crippen LogP) is 3.00. The summed E-state index contributed by atoms with van der Waals surface area (Å²) in [6.45, 7) is 4.29. The minimum absolute atomic E-state index is 0.153. The predicted molar refractivity (Wildman–Crippen MR) is 77.3 cm³/mol. The molecule has 0 aliphatic heterocycles. The third-order valence-corrected chi connectivity index (χ3v) is 3.92. The Labute approximate surface area is 119 Å². The van der Waals surface area contributed by atoms with Crippen LogP contribution in [0.5, 0.6) is 0 Å². The lowest BCUT2D eigenvalue weighted by Gasteiger charge is -2.08. The van der Waals surface area contributed by atoms with E-state index in [0.29, 0.717) is 17.7 Å². The second-order valence-corrected chi connectivity index (χ2v) is 6.10. The zero-order valence-electron chi connectivity index (χ0n) is 12.0. The van der Waals surface area contributed by atoms with Crippen LogP contribution in [0.1, 0.15) is 55.1 Å². The molecule has 1 atom stereocenters. The van der Waals surface area contributed by atoms with Gasteiger partial charge in [0, 0.05) is 5.92 Å². The first-order valence-corrected chi connectivity index (χ1v) is 7.29. The van der Waals surface area contributed by atoms with Crippen molar-refractivity contribution >= 4 is 0 Å². The Bertz CT molecular complexity index is 566. The SMILES string of the molecule is CC(C)C[C@@H](N)c1nc(C2Cc3ccccc3C2)no1. The topological polar surface area (TPSA) is 64.9 Å². The molecule has 3 rings (SSSR count). The molecule has 1 aliphatic carbocycles. The van der Waals surface area contributed by atoms with Crippen LogP contribution in [0.25, 0.3) is 0 Å². The van der Waals surface area contributed by atoms with Gasteiger partial charge in [-0.05, 0) is 36.3 Å². The summed E-state index contributed by atoms with van der Waals surface area (Å²) in [6.07, 6.45) is 2.86. The molecule has 2 N–H and O–H groups in total. The average molecular weight is 271 g/mol. The van der Waals surface area contributed by atoms with Gasteiger partial charge in [0.05, 0.1) is 6.04 Å². The average Bonchev–Trinajstić information content (AvgIpc) is 3.04. The summed E-state index contributed by atoms with van der Waals surface area (Å²) >= 11 is 0. The van der Waals surface area contributed by atoms with Gasteiger partial charge >= 0.3 is 0 Å². The lowest BCUT2D eigenvalue weighted by Crippen LogP contribution is -2.13. The highest BCUT2D eigenvalue weighted by atomic mass is 16.5. The highest BCUT2D eigenvalue weighted by Gasteiger charge is 2.27. The van der Waals surface area contributed by atoms with E-state index in [2.05, 4.69) is 48.3 Å². The molecule has 2 aromatic rings. The molecule has 4 nitrogen and oxygen atoms in total. The molecule has 1 heterocycles. The Morgan fingerprint density at radius 1 is 1.25 bits per heavy atom. The van der Waals surface area contributed by atoms with Crippen LogP contribution in [0.2, 0.25) is 0 Å². The van der Waals surface area contributed by atoms with E-state index in [-0.39, 0.29) is 6.04 Å². The molecule has 4 heteroatoms. The largest absolute Gasteiger partial charge is 0.338 e. The van der Waals surface area contributed by atoms with E-state index in [9.17, 15) is 0 Å². The molecule has 106 valence electrons. The van der Waals surface area contributed by atoms with Crippen molar-refractivity contribution in [1.82, 2.24) is 10.1 Å². The zero-order valence-corrected chi connectivity index (χ0v) is 12.0. The van der Waals surface area contributed by atoms with Gasteiger partial charge in [-0.1, -0.05) is 43.3 Å². The van der Waals surface area contributed by atoms with E-state index in [1.54, 1.807) is 0 Å². The van der Waals surface area contributed by atoms with Gasteiger partial charge in [-0.2, -0.15) is 4.98 Å². The van der Waals surface area contributed by atoms with Crippen molar-refractivity contribution in [3.05, 3.63) is 47.1 Å². The van der Waals surface area contributed by atoms with Gasteiger partial charge < -0.3 is 10.3 Å². The first kappa shape index (κ1) is 13.3. The normalized spacial score (nSPS) is 16.6. The Hall–Kier alpha value is -1.68. The van der Waals surface area contributed by atoms with Crippen LogP contribution < -0.4 is 5.73 Å². The van der Waals surface area contributed by atoms with E-state index < -0.39 is 0 Å². The molecule has 0 bridgehead atoms. The number of fused-ring (bicyclic) bond motifs is 1. The molecular formula is C16H21N3O. The van der Waals surface area contributed by atoms with Crippen molar-refractivity contribution in [2.75, 3.05) is 0 Å². The van der Waals surface area contributed by atoms with Crippen LogP contribution in [0, 0.1) is 5.92 Å². The molecule has 0 saturated heterocycles. The molecular weight excluding hydrogens is 250 g/mol. The molecule has 0 saturated carbocycles. The fourth-order valence-electron chi connectivity index (χ4n) is 2.91. The van der Waals surface area contributed by atoms with E-state index in [1.807, 2.05) is 0 Å². The Balaban J connectivity index is 1.73. The first-order chi connectivity index (χ1) is 9.63. The van der Waals surface area contributed by atoms with E-state index >= 15 is 0 Å². The van der Waals surface area contributed by atoms with E-state index in [1.165, 1.54) is 11.1 Å². The maximum atomic E-state index is 6.10. The van der Waals surface area contributed by atoms with Gasteiger partial charge in [0.1, 0.15) is 0 Å². The molecule has 0 amide bonds. The van der Waals surface area contributed by atoms with Crippen LogP contribution in [0.4, 0.5) is 0 Å². The Morgan fingerprint density at radius 3 is 2.50 bits per heavy atom. The smallest absolute Gasteiger partial charge is 0.243 e. The van der Waals surface area contributed by atoms with Crippen molar-refractivity contribution in [2.24, 2.45) is 11.7 Å². The van der Waals surface area contributed by atoms with Crippen LogP contribution in [-0.4, -0.2) is 10.1 Å². The zero-order chi connectivity index (χ0) is 14.1. The minimum Gasteiger partial charge on any atom is -0.338 e. The lowest BCUT2D eigenvalue weighted by atomic mass is 10.0. The van der Waals surface area contributed by atoms with Gasteiger partial charge in [0.15, 0.2) is 5.82 Å². The maximum absolute atomic E-state index is 6.10. The summed E-state index contributed by atoms with van der Waals surface area (Å²) in [5.74, 6) is 2.23. The quantitative estimate of drug-likeness (QED) is 0.928. The molecule has 1 aromatic carbocycles. The number of rotatable bonds is 4. The number of hydrogen-bond donors (Lipinski definition) is 1. The minimum atomic E-state index is -0.153. The van der Waals surface area contributed by atoms with E-state index in [4.69, 9.17) is 10.3 Å². The fourth-order valence-corrected chi connectivity index (χ4v) is 2.91. The van der Waals surface area contributed by atoms with Gasteiger partial charge in [-0.15, -0.1) is 0 Å². The van der Waals surface area contributed by atoms with Crippen molar-refractivity contribution in [3.63, 3.8) is 0 Å². The second kappa shape index (κ2) is 5.37. The first-order valence-electron chi connectivity index (χ1n) is 7.29. The molecule has 1 aromatic heterocycles. The highest BCUT2D eigenvalue weighted by molar-refractivity contribution is 5.34. The Kier molecular flexibility index (Phi) is 3.57. The number of hydrogen-bond acceptors (Lipinski definition) is 4. The number of nitrogens with zero attached hydrogens (tertiary/aromatic N) is 2. The van der Waals surface area contributed by atoms with Crippen molar-refractivity contribution in [2.45, 2.75) is 45.1 Å². The van der Waals surface area contributed by atoms with E-state index in [0.717, 1.165) is 25.1 Å². The molecule has 0 unspecified atom stereocenters. The van der Waals surface area contributed by atoms with Crippen molar-refractivity contribution in [3.8, 4) is 0 Å². The van der Waals surface area contributed by atoms with Crippen LogP contribution in [-0.2, 0) is 12.8 Å². The fraction of sp³-hybridized carbons (Fsp3) is 0.500. The summed E-state index contributed by atoms with van der Waals surface area (Å²) in [4.78, 5) is 4.53. The summed E-state index contributed by atoms with van der Waals surface area (Å²) in [5, 5.41) is 4.14. The Morgan fingerprint density at radius 2 is 1.90 bits per heavy atom. The summed E-state index contributed by atoms with van der Waals surface area (Å²) in [5.41, 5.74) is 8.89. The van der Waals surface area contributed by atoms with Gasteiger partial charge in [0.25, 0.3) is 0 Å². The van der Waals surface area contributed by atoms with Gasteiger partial charge in [-0.3, -0.25) is 0 Å². The standard InChI is InChI=1S/C16H21N3O/c1-10(2)7-14(17)16-18-15(19-20-16)13-8-11-5-3-4-6-12(11)9-13/h3-6,10,13-14H,7-9,17H2,1-2H3/t14-/m1/s1. The third-order valence-electron chi connectivity index (χ3n) is 3.92. The lowest BCUT2D eigenvalue weighted by molar-refractivity contribution is 0.331. The van der Waals surface area contributed by atoms with Gasteiger partial charge in [0.2, 0.25) is 5.89 Å². The molecule has 0 spiro atoms. The molecule has 1 aliphatic rings. The van der Waals surface area contributed by atoms with Gasteiger partial charge in [-0.25, -0.2) is 0 Å². The third kappa shape index (κ3) is 2.61. The highest BCUT2D eigenvalue weighted by Crippen LogP contribution is 2.32. The monoisotopic (exact) mass is 271 g/mol. The van der Waals surface area contributed by atoms with Crippen LogP contribution >= 0.6 is 0 Å². The van der Waals surface area contributed by atoms with Crippen LogP contribution in [0.15, 0.2) is 28.8 Å². The van der Waals surface area contributed by atoms with Crippen molar-refractivity contribution in [1.29, 1.82) is 0 Å². The molecule has 20 heavy (non-hydrogen) atoms.